The molecule has 1 aromatic carbocycles. The summed E-state index contributed by atoms with van der Waals surface area (Å²) in [6, 6.07) is 9.53. The van der Waals surface area contributed by atoms with Crippen molar-refractivity contribution in [3.05, 3.63) is 35.9 Å². The van der Waals surface area contributed by atoms with E-state index in [9.17, 15) is 9.90 Å². The van der Waals surface area contributed by atoms with Gasteiger partial charge in [-0.05, 0) is 27.0 Å². The molecule has 1 aromatic rings. The molecule has 1 N–H and O–H groups in total. The van der Waals surface area contributed by atoms with Gasteiger partial charge in [-0.3, -0.25) is 4.79 Å². The van der Waals surface area contributed by atoms with E-state index >= 15 is 0 Å². The van der Waals surface area contributed by atoms with Gasteiger partial charge in [0.15, 0.2) is 12.4 Å². The minimum absolute atomic E-state index is 0.304. The minimum Gasteiger partial charge on any atom is -0.455 e. The van der Waals surface area contributed by atoms with Crippen LogP contribution in [0.25, 0.3) is 0 Å². The summed E-state index contributed by atoms with van der Waals surface area (Å²) >= 11 is 1.39. The predicted octanol–water partition coefficient (Wildman–Crippen LogP) is 2.51. The van der Waals surface area contributed by atoms with Gasteiger partial charge in [0.25, 0.3) is 0 Å². The zero-order valence-corrected chi connectivity index (χ0v) is 16.3. The first-order valence-electron chi connectivity index (χ1n) is 8.70. The summed E-state index contributed by atoms with van der Waals surface area (Å²) in [5, 5.41) is 10.9. The number of esters is 1. The van der Waals surface area contributed by atoms with Crippen molar-refractivity contribution in [1.82, 2.24) is 0 Å². The quantitative estimate of drug-likeness (QED) is 0.805. The summed E-state index contributed by atoms with van der Waals surface area (Å²) in [7, 11) is 0. The number of fused-ring (bicyclic) bond motifs is 1. The number of carbonyl (C=O) groups is 1. The van der Waals surface area contributed by atoms with Gasteiger partial charge < -0.3 is 24.1 Å². The maximum Gasteiger partial charge on any atom is 0.311 e. The lowest BCUT2D eigenvalue weighted by atomic mass is 9.95. The number of rotatable bonds is 3. The predicted molar refractivity (Wildman–Crippen MR) is 97.5 cm³/mol. The van der Waals surface area contributed by atoms with Crippen molar-refractivity contribution in [1.29, 1.82) is 0 Å². The van der Waals surface area contributed by atoms with E-state index in [0.717, 1.165) is 5.56 Å². The second-order valence-corrected chi connectivity index (χ2v) is 8.50. The van der Waals surface area contributed by atoms with Gasteiger partial charge in [-0.1, -0.05) is 30.3 Å². The molecule has 0 spiro atoms. The van der Waals surface area contributed by atoms with Gasteiger partial charge in [-0.2, -0.15) is 0 Å². The molecule has 2 aliphatic rings. The van der Waals surface area contributed by atoms with Gasteiger partial charge in [0.05, 0.1) is 12.0 Å². The molecule has 2 unspecified atom stereocenters. The first kappa shape index (κ1) is 19.6. The lowest BCUT2D eigenvalue weighted by Crippen LogP contribution is -2.62. The zero-order valence-electron chi connectivity index (χ0n) is 15.5. The Bertz CT molecular complexity index is 616. The lowest BCUT2D eigenvalue weighted by Gasteiger charge is -2.47. The molecule has 7 heteroatoms. The summed E-state index contributed by atoms with van der Waals surface area (Å²) in [6.07, 6.45) is -1.56. The van der Waals surface area contributed by atoms with E-state index in [4.69, 9.17) is 18.9 Å². The Balaban J connectivity index is 1.76. The number of aliphatic hydroxyl groups excluding tert-OH is 1. The van der Waals surface area contributed by atoms with Crippen molar-refractivity contribution < 1.29 is 28.8 Å². The van der Waals surface area contributed by atoms with Crippen molar-refractivity contribution in [2.45, 2.75) is 56.9 Å². The maximum absolute atomic E-state index is 12.3. The Morgan fingerprint density at radius 2 is 1.92 bits per heavy atom. The maximum atomic E-state index is 12.3. The molecular weight excluding hydrogens is 356 g/mol. The van der Waals surface area contributed by atoms with Crippen LogP contribution < -0.4 is 0 Å². The van der Waals surface area contributed by atoms with Crippen LogP contribution in [-0.4, -0.2) is 53.8 Å². The lowest BCUT2D eigenvalue weighted by molar-refractivity contribution is -0.320. The molecule has 2 fully saturated rings. The van der Waals surface area contributed by atoms with E-state index in [2.05, 4.69) is 0 Å². The largest absolute Gasteiger partial charge is 0.455 e. The molecule has 6 nitrogen and oxygen atoms in total. The normalized spacial score (nSPS) is 34.8. The van der Waals surface area contributed by atoms with Crippen LogP contribution in [0.5, 0.6) is 0 Å². The van der Waals surface area contributed by atoms with Crippen LogP contribution in [0, 0.1) is 5.41 Å². The number of ether oxygens (including phenoxy) is 4. The molecule has 0 aromatic heterocycles. The number of thioether (sulfide) groups is 1. The van der Waals surface area contributed by atoms with Crippen molar-refractivity contribution in [2.24, 2.45) is 5.41 Å². The third-order valence-corrected chi connectivity index (χ3v) is 5.31. The standard InChI is InChI=1S/C19H26O6S/c1-19(2,3)18(21)25-15-13(20)14-12(23-17(15)26-4)10-22-16(24-14)11-8-6-5-7-9-11/h5-9,12-17,20H,10H2,1-4H3/t12-,13+,14+,15-,16?,17?/m1/s1. The summed E-state index contributed by atoms with van der Waals surface area (Å²) in [5.41, 5.74) is -0.269. The van der Waals surface area contributed by atoms with Gasteiger partial charge in [0.2, 0.25) is 0 Å². The summed E-state index contributed by atoms with van der Waals surface area (Å²) < 4.78 is 23.4. The van der Waals surface area contributed by atoms with Crippen LogP contribution in [-0.2, 0) is 23.7 Å². The van der Waals surface area contributed by atoms with Crippen molar-refractivity contribution in [3.63, 3.8) is 0 Å². The molecule has 144 valence electrons. The van der Waals surface area contributed by atoms with Gasteiger partial charge in [0, 0.05) is 5.56 Å². The molecule has 3 rings (SSSR count). The van der Waals surface area contributed by atoms with Gasteiger partial charge in [-0.25, -0.2) is 0 Å². The van der Waals surface area contributed by atoms with E-state index in [-0.39, 0.29) is 5.97 Å². The average molecular weight is 382 g/mol. The second kappa shape index (κ2) is 7.86. The molecular formula is C19H26O6S. The molecule has 2 saturated heterocycles. The Morgan fingerprint density at radius 3 is 2.54 bits per heavy atom. The van der Waals surface area contributed by atoms with Crippen LogP contribution in [0.15, 0.2) is 30.3 Å². The highest BCUT2D eigenvalue weighted by atomic mass is 32.2. The average Bonchev–Trinajstić information content (AvgIpc) is 2.63. The molecule has 0 amide bonds. The fourth-order valence-corrected chi connectivity index (χ4v) is 3.70. The molecule has 0 bridgehead atoms. The van der Waals surface area contributed by atoms with Crippen LogP contribution in [0.2, 0.25) is 0 Å². The Morgan fingerprint density at radius 1 is 1.23 bits per heavy atom. The summed E-state index contributed by atoms with van der Waals surface area (Å²) in [6.45, 7) is 5.63. The van der Waals surface area contributed by atoms with Gasteiger partial charge in [-0.15, -0.1) is 11.8 Å². The third kappa shape index (κ3) is 4.07. The Labute approximate surface area is 158 Å². The van der Waals surface area contributed by atoms with Crippen LogP contribution >= 0.6 is 11.8 Å². The molecule has 0 saturated carbocycles. The first-order chi connectivity index (χ1) is 12.3. The zero-order chi connectivity index (χ0) is 18.9. The molecule has 26 heavy (non-hydrogen) atoms. The van der Waals surface area contributed by atoms with Crippen molar-refractivity contribution in [2.75, 3.05) is 12.9 Å². The van der Waals surface area contributed by atoms with E-state index < -0.39 is 41.6 Å². The topological polar surface area (TPSA) is 74.2 Å². The fraction of sp³-hybridized carbons (Fsp3) is 0.632. The van der Waals surface area contributed by atoms with Crippen LogP contribution in [0.4, 0.5) is 0 Å². The number of hydrogen-bond donors (Lipinski definition) is 1. The van der Waals surface area contributed by atoms with E-state index in [1.54, 1.807) is 20.8 Å². The summed E-state index contributed by atoms with van der Waals surface area (Å²) in [5.74, 6) is -0.380. The highest BCUT2D eigenvalue weighted by Crippen LogP contribution is 2.37. The number of carbonyl (C=O) groups excluding carboxylic acids is 1. The second-order valence-electron chi connectivity index (χ2n) is 7.57. The number of benzene rings is 1. The van der Waals surface area contributed by atoms with Crippen LogP contribution in [0.3, 0.4) is 0 Å². The smallest absolute Gasteiger partial charge is 0.311 e. The number of aliphatic hydroxyl groups is 1. The molecule has 0 radical (unpaired) electrons. The van der Waals surface area contributed by atoms with Crippen molar-refractivity contribution >= 4 is 17.7 Å². The Kier molecular flexibility index (Phi) is 5.94. The van der Waals surface area contributed by atoms with Gasteiger partial charge >= 0.3 is 5.97 Å². The van der Waals surface area contributed by atoms with E-state index in [1.165, 1.54) is 11.8 Å². The monoisotopic (exact) mass is 382 g/mol. The minimum atomic E-state index is -0.993. The SMILES string of the molecule is CSC1O[C@@H]2COC(c3ccccc3)O[C@@H]2[C@H](O)[C@H]1OC(=O)C(C)(C)C. The first-order valence-corrected chi connectivity index (χ1v) is 9.99. The highest BCUT2D eigenvalue weighted by Gasteiger charge is 2.51. The Hall–Kier alpha value is -1.12. The highest BCUT2D eigenvalue weighted by molar-refractivity contribution is 7.99. The van der Waals surface area contributed by atoms with Gasteiger partial charge in [0.1, 0.15) is 23.7 Å². The van der Waals surface area contributed by atoms with Crippen LogP contribution in [0.1, 0.15) is 32.6 Å². The molecule has 0 aliphatic carbocycles. The van der Waals surface area contributed by atoms with E-state index in [1.807, 2.05) is 36.6 Å². The third-order valence-electron chi connectivity index (χ3n) is 4.47. The fourth-order valence-electron chi connectivity index (χ4n) is 2.96. The molecule has 2 aliphatic heterocycles. The number of hydrogen-bond acceptors (Lipinski definition) is 7. The van der Waals surface area contributed by atoms with Crippen molar-refractivity contribution in [3.8, 4) is 0 Å². The molecule has 6 atom stereocenters. The van der Waals surface area contributed by atoms with E-state index in [0.29, 0.717) is 6.61 Å². The molecule has 2 heterocycles. The summed E-state index contributed by atoms with van der Waals surface area (Å²) in [4.78, 5) is 12.3.